The van der Waals surface area contributed by atoms with Gasteiger partial charge in [-0.15, -0.1) is 0 Å². The van der Waals surface area contributed by atoms with E-state index in [0.29, 0.717) is 25.6 Å². The Kier molecular flexibility index (Phi) is 21.7. The second-order valence-electron chi connectivity index (χ2n) is 11.4. The number of esters is 2. The van der Waals surface area contributed by atoms with E-state index in [1.807, 2.05) is 0 Å². The molecule has 0 rings (SSSR count). The standard InChI is InChI=1S/C30H58O4/c1-25(2)19-15-17-23-33-29(31)22-14-12-10-8-7-9-11-13-21-28(27(5)6)30(32)34-24-18-16-20-26(3)4/h25-28H,7-24H2,1-6H3. The van der Waals surface area contributed by atoms with Crippen molar-refractivity contribution in [1.29, 1.82) is 0 Å². The fourth-order valence-electron chi connectivity index (χ4n) is 4.26. The van der Waals surface area contributed by atoms with Gasteiger partial charge < -0.3 is 9.47 Å². The van der Waals surface area contributed by atoms with Gasteiger partial charge in [0.25, 0.3) is 0 Å². The molecule has 0 aliphatic carbocycles. The van der Waals surface area contributed by atoms with Gasteiger partial charge in [0.15, 0.2) is 0 Å². The number of hydrogen-bond donors (Lipinski definition) is 0. The molecule has 0 aliphatic heterocycles. The quantitative estimate of drug-likeness (QED) is 0.108. The first-order valence-electron chi connectivity index (χ1n) is 14.6. The summed E-state index contributed by atoms with van der Waals surface area (Å²) in [6.07, 6.45) is 17.4. The molecule has 0 saturated carbocycles. The van der Waals surface area contributed by atoms with Gasteiger partial charge in [-0.25, -0.2) is 0 Å². The van der Waals surface area contributed by atoms with Crippen LogP contribution in [0.1, 0.15) is 144 Å². The summed E-state index contributed by atoms with van der Waals surface area (Å²) < 4.78 is 10.9. The van der Waals surface area contributed by atoms with Crippen molar-refractivity contribution in [1.82, 2.24) is 0 Å². The van der Waals surface area contributed by atoms with Gasteiger partial charge in [-0.1, -0.05) is 99.3 Å². The summed E-state index contributed by atoms with van der Waals surface area (Å²) in [6, 6.07) is 0. The van der Waals surface area contributed by atoms with Crippen LogP contribution in [-0.2, 0) is 19.1 Å². The van der Waals surface area contributed by atoms with E-state index in [4.69, 9.17) is 9.47 Å². The third kappa shape index (κ3) is 21.5. The minimum atomic E-state index is -0.0293. The number of carbonyl (C=O) groups excluding carboxylic acids is 2. The fraction of sp³-hybridized carbons (Fsp3) is 0.933. The Hall–Kier alpha value is -1.06. The maximum atomic E-state index is 12.5. The summed E-state index contributed by atoms with van der Waals surface area (Å²) in [6.45, 7) is 14.3. The Bertz CT molecular complexity index is 484. The van der Waals surface area contributed by atoms with Gasteiger partial charge in [-0.3, -0.25) is 9.59 Å². The fourth-order valence-corrected chi connectivity index (χ4v) is 4.26. The molecule has 4 nitrogen and oxygen atoms in total. The lowest BCUT2D eigenvalue weighted by Gasteiger charge is -2.19. The van der Waals surface area contributed by atoms with Crippen LogP contribution in [0.15, 0.2) is 0 Å². The van der Waals surface area contributed by atoms with E-state index in [2.05, 4.69) is 41.5 Å². The molecule has 0 aromatic rings. The molecule has 1 unspecified atom stereocenters. The van der Waals surface area contributed by atoms with Crippen molar-refractivity contribution in [3.05, 3.63) is 0 Å². The lowest BCUT2D eigenvalue weighted by atomic mass is 9.90. The van der Waals surface area contributed by atoms with Gasteiger partial charge in [0.05, 0.1) is 19.1 Å². The highest BCUT2D eigenvalue weighted by Crippen LogP contribution is 2.22. The Morgan fingerprint density at radius 1 is 0.529 bits per heavy atom. The maximum Gasteiger partial charge on any atom is 0.309 e. The molecular weight excluding hydrogens is 424 g/mol. The van der Waals surface area contributed by atoms with Crippen molar-refractivity contribution >= 4 is 11.9 Å². The van der Waals surface area contributed by atoms with Crippen LogP contribution < -0.4 is 0 Å². The first-order chi connectivity index (χ1) is 16.2. The number of ether oxygens (including phenoxy) is 2. The predicted octanol–water partition coefficient (Wildman–Crippen LogP) is 8.90. The molecule has 0 saturated heterocycles. The zero-order valence-corrected chi connectivity index (χ0v) is 23.7. The average Bonchev–Trinajstić information content (AvgIpc) is 2.76. The highest BCUT2D eigenvalue weighted by atomic mass is 16.5. The molecule has 0 radical (unpaired) electrons. The van der Waals surface area contributed by atoms with Gasteiger partial charge in [-0.05, 0) is 56.3 Å². The maximum absolute atomic E-state index is 12.5. The molecule has 0 heterocycles. The van der Waals surface area contributed by atoms with Crippen molar-refractivity contribution in [2.45, 2.75) is 144 Å². The lowest BCUT2D eigenvalue weighted by Crippen LogP contribution is -2.23. The third-order valence-corrected chi connectivity index (χ3v) is 6.61. The Morgan fingerprint density at radius 2 is 0.971 bits per heavy atom. The van der Waals surface area contributed by atoms with Crippen molar-refractivity contribution < 1.29 is 19.1 Å². The van der Waals surface area contributed by atoms with Gasteiger partial charge in [0, 0.05) is 6.42 Å². The smallest absolute Gasteiger partial charge is 0.309 e. The van der Waals surface area contributed by atoms with E-state index >= 15 is 0 Å². The van der Waals surface area contributed by atoms with E-state index < -0.39 is 0 Å². The van der Waals surface area contributed by atoms with Crippen LogP contribution in [0.5, 0.6) is 0 Å². The van der Waals surface area contributed by atoms with Crippen molar-refractivity contribution in [3.8, 4) is 0 Å². The number of rotatable bonds is 23. The first-order valence-corrected chi connectivity index (χ1v) is 14.6. The van der Waals surface area contributed by atoms with Crippen molar-refractivity contribution in [3.63, 3.8) is 0 Å². The molecular formula is C30H58O4. The topological polar surface area (TPSA) is 52.6 Å². The summed E-state index contributed by atoms with van der Waals surface area (Å²) in [5.74, 6) is 1.81. The summed E-state index contributed by atoms with van der Waals surface area (Å²) in [5, 5.41) is 0. The Labute approximate surface area is 212 Å². The Balaban J connectivity index is 3.62. The number of unbranched alkanes of at least 4 members (excludes halogenated alkanes) is 9. The zero-order chi connectivity index (χ0) is 25.6. The van der Waals surface area contributed by atoms with Crippen LogP contribution in [-0.4, -0.2) is 25.2 Å². The van der Waals surface area contributed by atoms with Crippen LogP contribution in [0, 0.1) is 23.7 Å². The van der Waals surface area contributed by atoms with E-state index in [-0.39, 0.29) is 17.9 Å². The van der Waals surface area contributed by atoms with Gasteiger partial charge in [0.1, 0.15) is 0 Å². The van der Waals surface area contributed by atoms with E-state index in [1.54, 1.807) is 0 Å². The SMILES string of the molecule is CC(C)CCCCOC(=O)CCCCCCCCCCC(C(=O)OCCCCC(C)C)C(C)C. The minimum absolute atomic E-state index is 0.00799. The van der Waals surface area contributed by atoms with Crippen LogP contribution in [0.2, 0.25) is 0 Å². The summed E-state index contributed by atoms with van der Waals surface area (Å²) in [5.41, 5.74) is 0. The molecule has 34 heavy (non-hydrogen) atoms. The monoisotopic (exact) mass is 482 g/mol. The van der Waals surface area contributed by atoms with Gasteiger partial charge >= 0.3 is 11.9 Å². The molecule has 0 fully saturated rings. The average molecular weight is 483 g/mol. The number of carbonyl (C=O) groups is 2. The molecule has 0 aliphatic rings. The van der Waals surface area contributed by atoms with Crippen LogP contribution >= 0.6 is 0 Å². The third-order valence-electron chi connectivity index (χ3n) is 6.61. The molecule has 0 aromatic heterocycles. The molecule has 0 spiro atoms. The molecule has 0 aromatic carbocycles. The van der Waals surface area contributed by atoms with Crippen LogP contribution in [0.4, 0.5) is 0 Å². The van der Waals surface area contributed by atoms with Gasteiger partial charge in [-0.2, -0.15) is 0 Å². The number of hydrogen-bond acceptors (Lipinski definition) is 4. The van der Waals surface area contributed by atoms with Crippen molar-refractivity contribution in [2.24, 2.45) is 23.7 Å². The highest BCUT2D eigenvalue weighted by Gasteiger charge is 2.23. The largest absolute Gasteiger partial charge is 0.466 e. The lowest BCUT2D eigenvalue weighted by molar-refractivity contribution is -0.150. The predicted molar refractivity (Wildman–Crippen MR) is 144 cm³/mol. The van der Waals surface area contributed by atoms with Gasteiger partial charge in [0.2, 0.25) is 0 Å². The molecule has 0 bridgehead atoms. The Morgan fingerprint density at radius 3 is 1.47 bits per heavy atom. The molecule has 4 heteroatoms. The van der Waals surface area contributed by atoms with E-state index in [9.17, 15) is 9.59 Å². The van der Waals surface area contributed by atoms with Crippen molar-refractivity contribution in [2.75, 3.05) is 13.2 Å². The first kappa shape index (κ1) is 32.9. The summed E-state index contributed by atoms with van der Waals surface area (Å²) in [4.78, 5) is 24.2. The molecule has 0 amide bonds. The second kappa shape index (κ2) is 22.4. The highest BCUT2D eigenvalue weighted by molar-refractivity contribution is 5.72. The second-order valence-corrected chi connectivity index (χ2v) is 11.4. The zero-order valence-electron chi connectivity index (χ0n) is 23.7. The van der Waals surface area contributed by atoms with Crippen LogP contribution in [0.3, 0.4) is 0 Å². The van der Waals surface area contributed by atoms with E-state index in [1.165, 1.54) is 44.9 Å². The minimum Gasteiger partial charge on any atom is -0.466 e. The van der Waals surface area contributed by atoms with Crippen LogP contribution in [0.25, 0.3) is 0 Å². The molecule has 0 N–H and O–H groups in total. The molecule has 1 atom stereocenters. The molecule has 202 valence electrons. The summed E-state index contributed by atoms with van der Waals surface area (Å²) in [7, 11) is 0. The normalized spacial score (nSPS) is 12.5. The van der Waals surface area contributed by atoms with E-state index in [0.717, 1.165) is 63.2 Å². The summed E-state index contributed by atoms with van der Waals surface area (Å²) >= 11 is 0.